The van der Waals surface area contributed by atoms with E-state index < -0.39 is 11.7 Å². The third-order valence-corrected chi connectivity index (χ3v) is 4.51. The molecule has 1 saturated heterocycles. The van der Waals surface area contributed by atoms with Crippen molar-refractivity contribution in [2.24, 2.45) is 0 Å². The fourth-order valence-electron chi connectivity index (χ4n) is 3.01. The third-order valence-electron chi connectivity index (χ3n) is 4.51. The van der Waals surface area contributed by atoms with E-state index in [4.69, 9.17) is 4.74 Å². The highest BCUT2D eigenvalue weighted by Crippen LogP contribution is 2.31. The molecule has 0 bridgehead atoms. The van der Waals surface area contributed by atoms with Gasteiger partial charge >= 0.3 is 6.18 Å². The van der Waals surface area contributed by atoms with Crippen molar-refractivity contribution in [3.63, 3.8) is 0 Å². The van der Waals surface area contributed by atoms with Crippen LogP contribution in [0, 0.1) is 0 Å². The van der Waals surface area contributed by atoms with Gasteiger partial charge < -0.3 is 14.5 Å². The fraction of sp³-hybridized carbons (Fsp3) is 0.350. The third kappa shape index (κ3) is 5.23. The summed E-state index contributed by atoms with van der Waals surface area (Å²) in [5.41, 5.74) is 0.865. The summed E-state index contributed by atoms with van der Waals surface area (Å²) < 4.78 is 44.0. The smallest absolute Gasteiger partial charge is 0.368 e. The van der Waals surface area contributed by atoms with Crippen LogP contribution in [0.2, 0.25) is 0 Å². The minimum atomic E-state index is -4.36. The van der Waals surface area contributed by atoms with Crippen molar-refractivity contribution in [2.75, 3.05) is 37.7 Å². The first-order valence-corrected chi connectivity index (χ1v) is 8.75. The maximum atomic E-state index is 12.9. The van der Waals surface area contributed by atoms with Crippen LogP contribution in [0.3, 0.4) is 0 Å². The number of halogens is 3. The van der Waals surface area contributed by atoms with Crippen LogP contribution in [0.15, 0.2) is 54.6 Å². The predicted octanol–water partition coefficient (Wildman–Crippen LogP) is 3.57. The van der Waals surface area contributed by atoms with E-state index in [1.165, 1.54) is 6.07 Å². The number of hydrogen-bond acceptors (Lipinski definition) is 3. The van der Waals surface area contributed by atoms with Crippen LogP contribution in [-0.2, 0) is 22.3 Å². The number of amides is 1. The Morgan fingerprint density at radius 2 is 1.67 bits per heavy atom. The quantitative estimate of drug-likeness (QED) is 0.798. The molecule has 1 aliphatic rings. The molecule has 0 saturated carbocycles. The SMILES string of the molecule is O=C(COCc1ccccc1)N1CCN(c2cccc(C(F)(F)F)c2)CC1. The van der Waals surface area contributed by atoms with Crippen LogP contribution < -0.4 is 4.90 Å². The molecule has 0 atom stereocenters. The van der Waals surface area contributed by atoms with Gasteiger partial charge in [-0.1, -0.05) is 36.4 Å². The molecule has 2 aromatic carbocycles. The summed E-state index contributed by atoms with van der Waals surface area (Å²) in [4.78, 5) is 15.8. The molecule has 3 rings (SSSR count). The number of alkyl halides is 3. The van der Waals surface area contributed by atoms with Crippen molar-refractivity contribution < 1.29 is 22.7 Å². The Morgan fingerprint density at radius 1 is 0.963 bits per heavy atom. The van der Waals surface area contributed by atoms with Gasteiger partial charge in [-0.3, -0.25) is 4.79 Å². The largest absolute Gasteiger partial charge is 0.416 e. The second-order valence-corrected chi connectivity index (χ2v) is 6.39. The summed E-state index contributed by atoms with van der Waals surface area (Å²) >= 11 is 0. The monoisotopic (exact) mass is 378 g/mol. The lowest BCUT2D eigenvalue weighted by molar-refractivity contribution is -0.137. The number of benzene rings is 2. The Hall–Kier alpha value is -2.54. The second kappa shape index (κ2) is 8.43. The molecule has 0 spiro atoms. The van der Waals surface area contributed by atoms with Crippen molar-refractivity contribution in [1.29, 1.82) is 0 Å². The van der Waals surface area contributed by atoms with E-state index in [0.717, 1.165) is 17.7 Å². The van der Waals surface area contributed by atoms with Gasteiger partial charge in [-0.25, -0.2) is 0 Å². The minimum Gasteiger partial charge on any atom is -0.368 e. The highest BCUT2D eigenvalue weighted by Gasteiger charge is 2.31. The van der Waals surface area contributed by atoms with Gasteiger partial charge in [-0.2, -0.15) is 13.2 Å². The lowest BCUT2D eigenvalue weighted by Gasteiger charge is -2.36. The molecule has 144 valence electrons. The normalized spacial score (nSPS) is 15.1. The highest BCUT2D eigenvalue weighted by atomic mass is 19.4. The molecule has 1 heterocycles. The van der Waals surface area contributed by atoms with Crippen LogP contribution >= 0.6 is 0 Å². The van der Waals surface area contributed by atoms with E-state index in [9.17, 15) is 18.0 Å². The number of rotatable bonds is 5. The number of hydrogen-bond donors (Lipinski definition) is 0. The number of nitrogens with zero attached hydrogens (tertiary/aromatic N) is 2. The van der Waals surface area contributed by atoms with Crippen LogP contribution in [0.25, 0.3) is 0 Å². The molecule has 1 aliphatic heterocycles. The highest BCUT2D eigenvalue weighted by molar-refractivity contribution is 5.77. The Kier molecular flexibility index (Phi) is 6.01. The van der Waals surface area contributed by atoms with Crippen molar-refractivity contribution in [2.45, 2.75) is 12.8 Å². The first-order valence-electron chi connectivity index (χ1n) is 8.75. The first-order chi connectivity index (χ1) is 12.9. The van der Waals surface area contributed by atoms with Crippen LogP contribution in [0.5, 0.6) is 0 Å². The van der Waals surface area contributed by atoms with Crippen molar-refractivity contribution in [3.05, 3.63) is 65.7 Å². The van der Waals surface area contributed by atoms with Crippen molar-refractivity contribution >= 4 is 11.6 Å². The number of piperazine rings is 1. The Bertz CT molecular complexity index is 757. The molecule has 0 N–H and O–H groups in total. The summed E-state index contributed by atoms with van der Waals surface area (Å²) in [6, 6.07) is 14.9. The Morgan fingerprint density at radius 3 is 2.33 bits per heavy atom. The molecule has 4 nitrogen and oxygen atoms in total. The molecule has 27 heavy (non-hydrogen) atoms. The average molecular weight is 378 g/mol. The van der Waals surface area contributed by atoms with Crippen LogP contribution in [-0.4, -0.2) is 43.6 Å². The molecule has 1 fully saturated rings. The average Bonchev–Trinajstić information content (AvgIpc) is 2.68. The van der Waals surface area contributed by atoms with E-state index in [0.29, 0.717) is 38.5 Å². The molecule has 0 aliphatic carbocycles. The van der Waals surface area contributed by atoms with Crippen molar-refractivity contribution in [3.8, 4) is 0 Å². The van der Waals surface area contributed by atoms with Gasteiger partial charge in [0.1, 0.15) is 6.61 Å². The molecular weight excluding hydrogens is 357 g/mol. The van der Waals surface area contributed by atoms with E-state index in [-0.39, 0.29) is 12.5 Å². The minimum absolute atomic E-state index is 0.00153. The predicted molar refractivity (Wildman–Crippen MR) is 96.3 cm³/mol. The van der Waals surface area contributed by atoms with E-state index in [2.05, 4.69) is 0 Å². The van der Waals surface area contributed by atoms with Gasteiger partial charge in [0, 0.05) is 31.9 Å². The maximum Gasteiger partial charge on any atom is 0.416 e. The van der Waals surface area contributed by atoms with Gasteiger partial charge in [0.05, 0.1) is 12.2 Å². The zero-order chi connectivity index (χ0) is 19.3. The lowest BCUT2D eigenvalue weighted by atomic mass is 10.1. The molecule has 1 amide bonds. The molecule has 2 aromatic rings. The van der Waals surface area contributed by atoms with Gasteiger partial charge in [0.25, 0.3) is 0 Å². The Labute approximate surface area is 156 Å². The summed E-state index contributed by atoms with van der Waals surface area (Å²) in [5.74, 6) is -0.102. The summed E-state index contributed by atoms with van der Waals surface area (Å²) in [5, 5.41) is 0. The van der Waals surface area contributed by atoms with E-state index in [1.54, 1.807) is 11.0 Å². The standard InChI is InChI=1S/C20H21F3N2O2/c21-20(22,23)17-7-4-8-18(13-17)24-9-11-25(12-10-24)19(26)15-27-14-16-5-2-1-3-6-16/h1-8,13H,9-12,14-15H2. The van der Waals surface area contributed by atoms with E-state index in [1.807, 2.05) is 35.2 Å². The van der Waals surface area contributed by atoms with Crippen LogP contribution in [0.1, 0.15) is 11.1 Å². The van der Waals surface area contributed by atoms with Crippen LogP contribution in [0.4, 0.5) is 18.9 Å². The summed E-state index contributed by atoms with van der Waals surface area (Å²) in [6.45, 7) is 2.28. The maximum absolute atomic E-state index is 12.9. The lowest BCUT2D eigenvalue weighted by Crippen LogP contribution is -2.49. The zero-order valence-electron chi connectivity index (χ0n) is 14.8. The number of carbonyl (C=O) groups excluding carboxylic acids is 1. The molecule has 7 heteroatoms. The van der Waals surface area contributed by atoms with Gasteiger partial charge in [-0.15, -0.1) is 0 Å². The molecule has 0 radical (unpaired) electrons. The number of anilines is 1. The second-order valence-electron chi connectivity index (χ2n) is 6.39. The molecule has 0 unspecified atom stereocenters. The van der Waals surface area contributed by atoms with E-state index >= 15 is 0 Å². The van der Waals surface area contributed by atoms with Gasteiger partial charge in [-0.05, 0) is 23.8 Å². The van der Waals surface area contributed by atoms with Gasteiger partial charge in [0.15, 0.2) is 0 Å². The summed E-state index contributed by atoms with van der Waals surface area (Å²) in [7, 11) is 0. The van der Waals surface area contributed by atoms with Gasteiger partial charge in [0.2, 0.25) is 5.91 Å². The number of ether oxygens (including phenoxy) is 1. The summed E-state index contributed by atoms with van der Waals surface area (Å²) in [6.07, 6.45) is -4.36. The zero-order valence-corrected chi connectivity index (χ0v) is 14.8. The van der Waals surface area contributed by atoms with Crippen molar-refractivity contribution in [1.82, 2.24) is 4.90 Å². The first kappa shape index (κ1) is 19.2. The fourth-order valence-corrected chi connectivity index (χ4v) is 3.01. The Balaban J connectivity index is 1.48. The number of carbonyl (C=O) groups is 1. The topological polar surface area (TPSA) is 32.8 Å². The molecular formula is C20H21F3N2O2. The molecule has 0 aromatic heterocycles.